The molecule has 0 spiro atoms. The molecule has 0 radical (unpaired) electrons. The van der Waals surface area contributed by atoms with Crippen LogP contribution in [0.2, 0.25) is 10.0 Å². The Morgan fingerprint density at radius 3 is 1.33 bits per heavy atom. The molecule has 0 aliphatic heterocycles. The number of nitrogens with two attached hydrogens (primary N) is 4. The van der Waals surface area contributed by atoms with Crippen molar-refractivity contribution in [2.75, 3.05) is 23.7 Å². The summed E-state index contributed by atoms with van der Waals surface area (Å²) in [6, 6.07) is 14.1. The maximum Gasteiger partial charge on any atom is 0.218 e. The van der Waals surface area contributed by atoms with Gasteiger partial charge in [0.25, 0.3) is 0 Å². The standard InChI is InChI=1S/C21H28Cl2N10/c22-14-4-8-16(9-5-14)30-20(26)32-18(24)28-12-2-1-3-13-29-19(25)33-21(27)31-17-10-6-15(23)7-11-17/h4-11H,1-3,12-13H2,(H5,24,26,28,30,32)(H5,25,27,29,31,33). The molecule has 0 saturated heterocycles. The summed E-state index contributed by atoms with van der Waals surface area (Å²) in [5.41, 5.74) is 24.7. The molecule has 0 aliphatic carbocycles. The van der Waals surface area contributed by atoms with Gasteiger partial charge in [0.1, 0.15) is 0 Å². The van der Waals surface area contributed by atoms with Gasteiger partial charge in [0.05, 0.1) is 0 Å². The monoisotopic (exact) mass is 490 g/mol. The van der Waals surface area contributed by atoms with Crippen molar-refractivity contribution in [3.8, 4) is 0 Å². The SMILES string of the molecule is NC(=NCCCCCN=C(N)N=C(N)Nc1ccc(Cl)cc1)N=C(N)Nc1ccc(Cl)cc1. The molecule has 0 atom stereocenters. The first-order valence-corrected chi connectivity index (χ1v) is 10.9. The van der Waals surface area contributed by atoms with Gasteiger partial charge in [-0.1, -0.05) is 23.2 Å². The number of halogens is 2. The zero-order chi connectivity index (χ0) is 24.1. The summed E-state index contributed by atoms with van der Waals surface area (Å²) in [6.45, 7) is 1.05. The third-order valence-electron chi connectivity index (χ3n) is 4.07. The third-order valence-corrected chi connectivity index (χ3v) is 4.57. The van der Waals surface area contributed by atoms with E-state index in [1.54, 1.807) is 48.5 Å². The lowest BCUT2D eigenvalue weighted by atomic mass is 10.2. The summed E-state index contributed by atoms with van der Waals surface area (Å²) in [5.74, 6) is 0.506. The number of guanidine groups is 4. The van der Waals surface area contributed by atoms with Crippen molar-refractivity contribution in [2.45, 2.75) is 19.3 Å². The number of nitrogens with zero attached hydrogens (tertiary/aromatic N) is 4. The van der Waals surface area contributed by atoms with Gasteiger partial charge in [0, 0.05) is 34.5 Å². The van der Waals surface area contributed by atoms with Crippen molar-refractivity contribution < 1.29 is 0 Å². The molecule has 10 nitrogen and oxygen atoms in total. The first-order valence-electron chi connectivity index (χ1n) is 10.1. The number of aliphatic imine (C=N–C) groups is 4. The number of hydrogen-bond acceptors (Lipinski definition) is 2. The zero-order valence-electron chi connectivity index (χ0n) is 18.0. The van der Waals surface area contributed by atoms with Crippen molar-refractivity contribution in [1.82, 2.24) is 0 Å². The first kappa shape index (κ1) is 25.8. The van der Waals surface area contributed by atoms with Gasteiger partial charge in [-0.05, 0) is 67.8 Å². The van der Waals surface area contributed by atoms with Crippen LogP contribution in [0.15, 0.2) is 68.5 Å². The van der Waals surface area contributed by atoms with E-state index in [0.29, 0.717) is 23.1 Å². The summed E-state index contributed by atoms with van der Waals surface area (Å²) >= 11 is 11.7. The summed E-state index contributed by atoms with van der Waals surface area (Å²) in [6.07, 6.45) is 2.53. The third kappa shape index (κ3) is 11.1. The molecule has 0 unspecified atom stereocenters. The van der Waals surface area contributed by atoms with E-state index in [1.807, 2.05) is 0 Å². The summed E-state index contributed by atoms with van der Waals surface area (Å²) in [5, 5.41) is 7.09. The molecule has 12 heteroatoms. The highest BCUT2D eigenvalue weighted by atomic mass is 35.5. The van der Waals surface area contributed by atoms with Crippen LogP contribution in [0.4, 0.5) is 11.4 Å². The molecule has 176 valence electrons. The Morgan fingerprint density at radius 1 is 0.606 bits per heavy atom. The minimum atomic E-state index is 0.106. The number of benzene rings is 2. The Kier molecular flexibility index (Phi) is 10.8. The number of unbranched alkanes of at least 4 members (excludes halogenated alkanes) is 2. The average Bonchev–Trinajstić information content (AvgIpc) is 2.76. The van der Waals surface area contributed by atoms with E-state index in [4.69, 9.17) is 46.1 Å². The van der Waals surface area contributed by atoms with Gasteiger partial charge in [0.2, 0.25) is 23.8 Å². The van der Waals surface area contributed by atoms with Crippen molar-refractivity contribution in [3.63, 3.8) is 0 Å². The molecule has 0 aromatic heterocycles. The lowest BCUT2D eigenvalue weighted by molar-refractivity contribution is 0.695. The number of anilines is 2. The van der Waals surface area contributed by atoms with Gasteiger partial charge >= 0.3 is 0 Å². The maximum atomic E-state index is 5.84. The van der Waals surface area contributed by atoms with Gasteiger partial charge in [-0.3, -0.25) is 9.98 Å². The summed E-state index contributed by atoms with van der Waals surface area (Å²) in [4.78, 5) is 16.4. The largest absolute Gasteiger partial charge is 0.369 e. The molecule has 0 amide bonds. The fraction of sp³-hybridized carbons (Fsp3) is 0.238. The Labute approximate surface area is 202 Å². The first-order chi connectivity index (χ1) is 15.8. The van der Waals surface area contributed by atoms with Crippen LogP contribution in [0.1, 0.15) is 19.3 Å². The van der Waals surface area contributed by atoms with Crippen LogP contribution < -0.4 is 33.6 Å². The van der Waals surface area contributed by atoms with E-state index in [1.165, 1.54) is 0 Å². The number of nitrogens with one attached hydrogen (secondary N) is 2. The van der Waals surface area contributed by atoms with Crippen LogP contribution >= 0.6 is 23.2 Å². The summed E-state index contributed by atoms with van der Waals surface area (Å²) in [7, 11) is 0. The van der Waals surface area contributed by atoms with E-state index < -0.39 is 0 Å². The molecule has 2 aromatic carbocycles. The molecule has 0 heterocycles. The van der Waals surface area contributed by atoms with Crippen LogP contribution in [0.25, 0.3) is 0 Å². The molecule has 0 saturated carbocycles. The molecule has 0 aliphatic rings. The molecule has 0 fully saturated rings. The van der Waals surface area contributed by atoms with E-state index in [0.717, 1.165) is 30.6 Å². The molecule has 10 N–H and O–H groups in total. The fourth-order valence-corrected chi connectivity index (χ4v) is 2.78. The Morgan fingerprint density at radius 2 is 0.970 bits per heavy atom. The van der Waals surface area contributed by atoms with Crippen molar-refractivity contribution in [3.05, 3.63) is 58.6 Å². The highest BCUT2D eigenvalue weighted by Crippen LogP contribution is 2.13. The van der Waals surface area contributed by atoms with E-state index in [2.05, 4.69) is 30.6 Å². The minimum Gasteiger partial charge on any atom is -0.369 e. The van der Waals surface area contributed by atoms with Gasteiger partial charge < -0.3 is 33.6 Å². The number of hydrogen-bond donors (Lipinski definition) is 6. The number of rotatable bonds is 8. The zero-order valence-corrected chi connectivity index (χ0v) is 19.5. The quantitative estimate of drug-likeness (QED) is 0.188. The van der Waals surface area contributed by atoms with E-state index >= 15 is 0 Å². The fourth-order valence-electron chi connectivity index (χ4n) is 2.52. The molecule has 0 bridgehead atoms. The smallest absolute Gasteiger partial charge is 0.218 e. The van der Waals surface area contributed by atoms with E-state index in [-0.39, 0.29) is 23.8 Å². The Bertz CT molecular complexity index is 917. The second kappa shape index (κ2) is 13.8. The molecule has 33 heavy (non-hydrogen) atoms. The predicted molar refractivity (Wildman–Crippen MR) is 140 cm³/mol. The van der Waals surface area contributed by atoms with Gasteiger partial charge in [-0.15, -0.1) is 0 Å². The lowest BCUT2D eigenvalue weighted by Crippen LogP contribution is -2.26. The van der Waals surface area contributed by atoms with Gasteiger partial charge in [-0.25, -0.2) is 0 Å². The maximum absolute atomic E-state index is 5.84. The molecular formula is C21H28Cl2N10. The predicted octanol–water partition coefficient (Wildman–Crippen LogP) is 2.95. The van der Waals surface area contributed by atoms with E-state index in [9.17, 15) is 0 Å². The van der Waals surface area contributed by atoms with Gasteiger partial charge in [0.15, 0.2) is 0 Å². The highest BCUT2D eigenvalue weighted by molar-refractivity contribution is 6.31. The van der Waals surface area contributed by atoms with Gasteiger partial charge in [-0.2, -0.15) is 9.98 Å². The van der Waals surface area contributed by atoms with Crippen LogP contribution in [0.3, 0.4) is 0 Å². The molecular weight excluding hydrogens is 463 g/mol. The van der Waals surface area contributed by atoms with Crippen molar-refractivity contribution in [1.29, 1.82) is 0 Å². The van der Waals surface area contributed by atoms with Crippen LogP contribution in [-0.2, 0) is 0 Å². The minimum absolute atomic E-state index is 0.106. The molecule has 2 rings (SSSR count). The Hall–Kier alpha value is -3.50. The van der Waals surface area contributed by atoms with Crippen molar-refractivity contribution >= 4 is 58.4 Å². The normalized spacial score (nSPS) is 13.2. The van der Waals surface area contributed by atoms with Crippen LogP contribution in [0, 0.1) is 0 Å². The van der Waals surface area contributed by atoms with Crippen LogP contribution in [-0.4, -0.2) is 36.9 Å². The molecule has 2 aromatic rings. The summed E-state index contributed by atoms with van der Waals surface area (Å²) < 4.78 is 0. The van der Waals surface area contributed by atoms with Crippen LogP contribution in [0.5, 0.6) is 0 Å². The lowest BCUT2D eigenvalue weighted by Gasteiger charge is -2.05. The second-order valence-corrected chi connectivity index (χ2v) is 7.67. The average molecular weight is 491 g/mol. The Balaban J connectivity index is 1.65. The van der Waals surface area contributed by atoms with Crippen molar-refractivity contribution in [2.24, 2.45) is 42.9 Å². The second-order valence-electron chi connectivity index (χ2n) is 6.80. The highest BCUT2D eigenvalue weighted by Gasteiger charge is 1.98. The topological polar surface area (TPSA) is 178 Å².